The first-order chi connectivity index (χ1) is 15.6. The molecule has 3 rings (SSSR count). The van der Waals surface area contributed by atoms with E-state index in [-0.39, 0.29) is 18.0 Å². The Morgan fingerprint density at radius 1 is 0.941 bits per heavy atom. The molecule has 4 nitrogen and oxygen atoms in total. The average Bonchev–Trinajstić information content (AvgIpc) is 3.19. The van der Waals surface area contributed by atoms with Gasteiger partial charge in [-0.3, -0.25) is 0 Å². The molecule has 186 valence electrons. The molecule has 0 spiro atoms. The molecule has 0 aliphatic rings. The number of hydrogen-bond donors (Lipinski definition) is 3. The summed E-state index contributed by atoms with van der Waals surface area (Å²) in [4.78, 5) is 15.1. The van der Waals surface area contributed by atoms with Crippen LogP contribution in [0.25, 0.3) is 11.0 Å². The SMILES string of the molecule is Fc1c(F)c(F)c2[nH]c([C@@H](CS)Cc3ccc(C(F)(F)F)cc3)nc2c1F.O=C(O)C(F)(F)F. The Labute approximate surface area is 189 Å². The molecule has 0 unspecified atom stereocenters. The number of fused-ring (bicyclic) bond motifs is 1. The fourth-order valence-electron chi connectivity index (χ4n) is 2.67. The zero-order valence-corrected chi connectivity index (χ0v) is 17.2. The minimum atomic E-state index is -5.08. The molecule has 0 radical (unpaired) electrons. The molecule has 0 fully saturated rings. The van der Waals surface area contributed by atoms with Crippen LogP contribution in [-0.2, 0) is 17.4 Å². The molecular formula is C19H12F10N2O2S. The van der Waals surface area contributed by atoms with Gasteiger partial charge >= 0.3 is 18.3 Å². The summed E-state index contributed by atoms with van der Waals surface area (Å²) in [7, 11) is 0. The van der Waals surface area contributed by atoms with Crippen LogP contribution < -0.4 is 0 Å². The third-order valence-corrected chi connectivity index (χ3v) is 4.78. The highest BCUT2D eigenvalue weighted by Crippen LogP contribution is 2.31. The molecule has 2 aromatic carbocycles. The lowest BCUT2D eigenvalue weighted by Crippen LogP contribution is -2.21. The molecule has 0 aliphatic carbocycles. The first kappa shape index (κ1) is 27.3. The van der Waals surface area contributed by atoms with E-state index in [1.54, 1.807) is 0 Å². The van der Waals surface area contributed by atoms with E-state index in [9.17, 15) is 43.9 Å². The van der Waals surface area contributed by atoms with Gasteiger partial charge in [0.2, 0.25) is 0 Å². The van der Waals surface area contributed by atoms with Gasteiger partial charge in [-0.15, -0.1) is 0 Å². The van der Waals surface area contributed by atoms with Crippen LogP contribution in [0.5, 0.6) is 0 Å². The summed E-state index contributed by atoms with van der Waals surface area (Å²) in [5.74, 6) is -10.4. The fraction of sp³-hybridized carbons (Fsp3) is 0.263. The predicted molar refractivity (Wildman–Crippen MR) is 101 cm³/mol. The first-order valence-electron chi connectivity index (χ1n) is 8.86. The molecule has 1 atom stereocenters. The van der Waals surface area contributed by atoms with E-state index < -0.39 is 64.1 Å². The minimum Gasteiger partial charge on any atom is -0.475 e. The van der Waals surface area contributed by atoms with Gasteiger partial charge < -0.3 is 10.1 Å². The number of H-pyrrole nitrogens is 1. The molecule has 0 aliphatic heterocycles. The number of benzene rings is 2. The number of aromatic amines is 1. The minimum absolute atomic E-state index is 0.0164. The highest BCUT2D eigenvalue weighted by molar-refractivity contribution is 7.80. The Kier molecular flexibility index (Phi) is 8.11. The number of carbonyl (C=O) groups is 1. The summed E-state index contributed by atoms with van der Waals surface area (Å²) >= 11 is 4.12. The van der Waals surface area contributed by atoms with Crippen LogP contribution >= 0.6 is 12.6 Å². The highest BCUT2D eigenvalue weighted by atomic mass is 32.1. The lowest BCUT2D eigenvalue weighted by Gasteiger charge is -2.13. The standard InChI is InChI=1S/C17H11F7N2S.C2HF3O2/c18-10-11(19)13(21)15-14(12(10)20)25-16(26-15)8(6-27)5-7-1-3-9(4-2-7)17(22,23)24;3-2(4,5)1(6)7/h1-4,8,27H,5-6H2,(H,25,26);(H,6,7)/t8-;/m1./s1. The van der Waals surface area contributed by atoms with E-state index in [0.29, 0.717) is 5.56 Å². The van der Waals surface area contributed by atoms with Gasteiger partial charge in [0.1, 0.15) is 16.9 Å². The zero-order valence-electron chi connectivity index (χ0n) is 16.3. The van der Waals surface area contributed by atoms with Crippen LogP contribution in [0.1, 0.15) is 22.9 Å². The quantitative estimate of drug-likeness (QED) is 0.170. The number of imidazole rings is 1. The van der Waals surface area contributed by atoms with Crippen molar-refractivity contribution in [1.82, 2.24) is 9.97 Å². The second kappa shape index (κ2) is 10.1. The van der Waals surface area contributed by atoms with Gasteiger partial charge in [0.05, 0.1) is 5.56 Å². The van der Waals surface area contributed by atoms with Crippen molar-refractivity contribution in [2.24, 2.45) is 0 Å². The van der Waals surface area contributed by atoms with Gasteiger partial charge in [-0.25, -0.2) is 27.3 Å². The summed E-state index contributed by atoms with van der Waals surface area (Å²) in [5.41, 5.74) is -1.63. The van der Waals surface area contributed by atoms with Crippen LogP contribution in [0.2, 0.25) is 0 Å². The molecular weight excluding hydrogens is 510 g/mol. The normalized spacial score (nSPS) is 12.9. The topological polar surface area (TPSA) is 66.0 Å². The molecule has 0 bridgehead atoms. The lowest BCUT2D eigenvalue weighted by molar-refractivity contribution is -0.192. The Bertz CT molecular complexity index is 1130. The van der Waals surface area contributed by atoms with Crippen LogP contribution in [-0.4, -0.2) is 33.0 Å². The zero-order chi connectivity index (χ0) is 26.0. The molecule has 0 saturated carbocycles. The van der Waals surface area contributed by atoms with Gasteiger partial charge in [-0.1, -0.05) is 12.1 Å². The van der Waals surface area contributed by atoms with E-state index >= 15 is 0 Å². The maximum Gasteiger partial charge on any atom is 0.490 e. The van der Waals surface area contributed by atoms with Gasteiger partial charge in [-0.2, -0.15) is 39.0 Å². The number of carboxylic acids is 1. The Balaban J connectivity index is 0.000000509. The average molecular weight is 522 g/mol. The van der Waals surface area contributed by atoms with Crippen molar-refractivity contribution in [1.29, 1.82) is 0 Å². The predicted octanol–water partition coefficient (Wildman–Crippen LogP) is 6.03. The number of aliphatic carboxylic acids is 1. The maximum absolute atomic E-state index is 13.8. The van der Waals surface area contributed by atoms with E-state index in [1.165, 1.54) is 12.1 Å². The molecule has 1 heterocycles. The summed E-state index contributed by atoms with van der Waals surface area (Å²) in [6.45, 7) is 0. The Hall–Kier alpha value is -2.97. The van der Waals surface area contributed by atoms with Crippen molar-refractivity contribution >= 4 is 29.6 Å². The third kappa shape index (κ3) is 6.12. The van der Waals surface area contributed by atoms with Gasteiger partial charge in [-0.05, 0) is 24.1 Å². The Morgan fingerprint density at radius 3 is 1.88 bits per heavy atom. The van der Waals surface area contributed by atoms with Crippen LogP contribution in [0.15, 0.2) is 24.3 Å². The van der Waals surface area contributed by atoms with Crippen molar-refractivity contribution in [3.63, 3.8) is 0 Å². The second-order valence-electron chi connectivity index (χ2n) is 6.68. The number of alkyl halides is 6. The van der Waals surface area contributed by atoms with E-state index in [0.717, 1.165) is 12.1 Å². The van der Waals surface area contributed by atoms with E-state index in [2.05, 4.69) is 22.6 Å². The number of halogens is 10. The summed E-state index contributed by atoms with van der Waals surface area (Å²) in [5, 5.41) is 7.12. The molecule has 34 heavy (non-hydrogen) atoms. The van der Waals surface area contributed by atoms with Crippen LogP contribution in [0, 0.1) is 23.3 Å². The number of thiol groups is 1. The molecule has 2 N–H and O–H groups in total. The van der Waals surface area contributed by atoms with Crippen molar-refractivity contribution < 1.29 is 53.8 Å². The smallest absolute Gasteiger partial charge is 0.475 e. The number of hydrogen-bond acceptors (Lipinski definition) is 3. The van der Waals surface area contributed by atoms with E-state index in [1.807, 2.05) is 0 Å². The number of aromatic nitrogens is 2. The lowest BCUT2D eigenvalue weighted by atomic mass is 9.99. The third-order valence-electron chi connectivity index (χ3n) is 4.34. The van der Waals surface area contributed by atoms with Crippen molar-refractivity contribution in [2.75, 3.05) is 5.75 Å². The fourth-order valence-corrected chi connectivity index (χ4v) is 2.97. The number of rotatable bonds is 4. The molecule has 0 saturated heterocycles. The number of nitrogens with zero attached hydrogens (tertiary/aromatic N) is 1. The van der Waals surface area contributed by atoms with Crippen molar-refractivity contribution in [2.45, 2.75) is 24.7 Å². The van der Waals surface area contributed by atoms with Crippen molar-refractivity contribution in [3.8, 4) is 0 Å². The second-order valence-corrected chi connectivity index (χ2v) is 7.05. The summed E-state index contributed by atoms with van der Waals surface area (Å²) < 4.78 is 124. The first-order valence-corrected chi connectivity index (χ1v) is 9.49. The van der Waals surface area contributed by atoms with Crippen LogP contribution in [0.3, 0.4) is 0 Å². The summed E-state index contributed by atoms with van der Waals surface area (Å²) in [6, 6.07) is 4.35. The Morgan fingerprint density at radius 2 is 1.44 bits per heavy atom. The molecule has 0 amide bonds. The highest BCUT2D eigenvalue weighted by Gasteiger charge is 2.38. The number of nitrogens with one attached hydrogen (secondary N) is 1. The van der Waals surface area contributed by atoms with Crippen molar-refractivity contribution in [3.05, 3.63) is 64.5 Å². The van der Waals surface area contributed by atoms with Gasteiger partial charge in [0, 0.05) is 11.7 Å². The molecule has 3 aromatic rings. The monoisotopic (exact) mass is 522 g/mol. The maximum atomic E-state index is 13.8. The largest absolute Gasteiger partial charge is 0.490 e. The summed E-state index contributed by atoms with van der Waals surface area (Å²) in [6.07, 6.45) is -9.40. The molecule has 15 heteroatoms. The van der Waals surface area contributed by atoms with Crippen LogP contribution in [0.4, 0.5) is 43.9 Å². The molecule has 1 aromatic heterocycles. The van der Waals surface area contributed by atoms with Gasteiger partial charge in [0.25, 0.3) is 0 Å². The number of carboxylic acid groups (broad SMARTS) is 1. The van der Waals surface area contributed by atoms with E-state index in [4.69, 9.17) is 9.90 Å². The van der Waals surface area contributed by atoms with Gasteiger partial charge in [0.15, 0.2) is 23.3 Å².